The van der Waals surface area contributed by atoms with Gasteiger partial charge < -0.3 is 10.4 Å². The summed E-state index contributed by atoms with van der Waals surface area (Å²) in [5, 5.41) is 12.5. The fraction of sp³-hybridized carbons (Fsp3) is 0.312. The molecule has 0 saturated heterocycles. The van der Waals surface area contributed by atoms with Crippen molar-refractivity contribution in [1.29, 1.82) is 0 Å². The van der Waals surface area contributed by atoms with E-state index < -0.39 is 5.97 Å². The Morgan fingerprint density at radius 1 is 1.36 bits per heavy atom. The number of anilines is 1. The van der Waals surface area contributed by atoms with Gasteiger partial charge in [-0.25, -0.2) is 4.98 Å². The summed E-state index contributed by atoms with van der Waals surface area (Å²) in [7, 11) is 0. The highest BCUT2D eigenvalue weighted by atomic mass is 32.1. The number of hydrogen-bond donors (Lipinski definition) is 2. The maximum absolute atomic E-state index is 12.3. The van der Waals surface area contributed by atoms with Crippen LogP contribution in [0.25, 0.3) is 0 Å². The van der Waals surface area contributed by atoms with E-state index in [-0.39, 0.29) is 12.3 Å². The Kier molecular flexibility index (Phi) is 5.27. The molecule has 2 aromatic rings. The highest BCUT2D eigenvalue weighted by Gasteiger charge is 2.14. The first-order chi connectivity index (χ1) is 10.5. The lowest BCUT2D eigenvalue weighted by molar-refractivity contribution is -0.136. The second-order valence-corrected chi connectivity index (χ2v) is 6.01. The summed E-state index contributed by atoms with van der Waals surface area (Å²) in [5.74, 6) is -1.01. The van der Waals surface area contributed by atoms with Crippen molar-refractivity contribution in [2.24, 2.45) is 0 Å². The topological polar surface area (TPSA) is 79.3 Å². The molecule has 0 atom stereocenters. The molecule has 0 saturated carbocycles. The minimum absolute atomic E-state index is 0.0746. The third kappa shape index (κ3) is 4.14. The number of aromatic nitrogens is 1. The van der Waals surface area contributed by atoms with E-state index in [9.17, 15) is 9.59 Å². The first-order valence-electron chi connectivity index (χ1n) is 7.08. The lowest BCUT2D eigenvalue weighted by atomic mass is 10.1. The molecule has 5 nitrogen and oxygen atoms in total. The second kappa shape index (κ2) is 7.17. The molecule has 1 aromatic carbocycles. The van der Waals surface area contributed by atoms with Gasteiger partial charge in [0.2, 0.25) is 0 Å². The molecular formula is C16H18N2O3S. The van der Waals surface area contributed by atoms with Gasteiger partial charge in [-0.15, -0.1) is 11.3 Å². The summed E-state index contributed by atoms with van der Waals surface area (Å²) in [6.45, 7) is 3.83. The molecule has 2 rings (SSSR count). The Morgan fingerprint density at radius 3 is 2.77 bits per heavy atom. The average Bonchev–Trinajstić information content (AvgIpc) is 2.87. The van der Waals surface area contributed by atoms with Gasteiger partial charge in [0.05, 0.1) is 10.7 Å². The van der Waals surface area contributed by atoms with Gasteiger partial charge in [-0.05, 0) is 37.5 Å². The molecule has 6 heteroatoms. The zero-order valence-corrected chi connectivity index (χ0v) is 13.4. The predicted molar refractivity (Wildman–Crippen MR) is 86.6 cm³/mol. The molecule has 2 N–H and O–H groups in total. The Bertz CT molecular complexity index is 694. The predicted octanol–water partition coefficient (Wildman–Crippen LogP) is 3.28. The van der Waals surface area contributed by atoms with E-state index in [1.165, 1.54) is 11.3 Å². The van der Waals surface area contributed by atoms with E-state index in [4.69, 9.17) is 5.11 Å². The number of thiazole rings is 1. The van der Waals surface area contributed by atoms with Crippen molar-refractivity contribution in [2.75, 3.05) is 5.32 Å². The lowest BCUT2D eigenvalue weighted by Gasteiger charge is -2.06. The van der Waals surface area contributed by atoms with E-state index in [0.717, 1.165) is 22.7 Å². The highest BCUT2D eigenvalue weighted by Crippen LogP contribution is 2.21. The SMILES string of the molecule is CCc1nc(C)c(C(=O)Nc2cccc(CCC(=O)O)c2)s1. The van der Waals surface area contributed by atoms with Crippen LogP contribution in [0.2, 0.25) is 0 Å². The van der Waals surface area contributed by atoms with Crippen LogP contribution in [0, 0.1) is 6.92 Å². The molecule has 0 fully saturated rings. The molecule has 0 unspecified atom stereocenters. The monoisotopic (exact) mass is 318 g/mol. The number of aliphatic carboxylic acids is 1. The third-order valence-electron chi connectivity index (χ3n) is 3.16. The molecule has 22 heavy (non-hydrogen) atoms. The Hall–Kier alpha value is -2.21. The van der Waals surface area contributed by atoms with Gasteiger partial charge in [0.15, 0.2) is 0 Å². The average molecular weight is 318 g/mol. The molecular weight excluding hydrogens is 300 g/mol. The number of hydrogen-bond acceptors (Lipinski definition) is 4. The van der Waals surface area contributed by atoms with Crippen LogP contribution >= 0.6 is 11.3 Å². The molecule has 0 bridgehead atoms. The molecule has 0 radical (unpaired) electrons. The molecule has 0 aliphatic rings. The van der Waals surface area contributed by atoms with Crippen LogP contribution in [0.3, 0.4) is 0 Å². The number of benzene rings is 1. The van der Waals surface area contributed by atoms with Crippen molar-refractivity contribution in [3.63, 3.8) is 0 Å². The smallest absolute Gasteiger partial charge is 0.303 e. The third-order valence-corrected chi connectivity index (χ3v) is 4.46. The number of carbonyl (C=O) groups is 2. The van der Waals surface area contributed by atoms with Gasteiger partial charge in [0.1, 0.15) is 4.88 Å². The molecule has 116 valence electrons. The van der Waals surface area contributed by atoms with Crippen molar-refractivity contribution < 1.29 is 14.7 Å². The standard InChI is InChI=1S/C16H18N2O3S/c1-3-13-17-10(2)15(22-13)16(21)18-12-6-4-5-11(9-12)7-8-14(19)20/h4-6,9H,3,7-8H2,1-2H3,(H,18,21)(H,19,20). The van der Waals surface area contributed by atoms with E-state index in [0.29, 0.717) is 17.0 Å². The number of carboxylic acid groups (broad SMARTS) is 1. The number of aryl methyl sites for hydroxylation is 3. The largest absolute Gasteiger partial charge is 0.481 e. The zero-order chi connectivity index (χ0) is 16.1. The maximum Gasteiger partial charge on any atom is 0.303 e. The van der Waals surface area contributed by atoms with Crippen LogP contribution in [-0.4, -0.2) is 22.0 Å². The summed E-state index contributed by atoms with van der Waals surface area (Å²) in [4.78, 5) is 27.9. The van der Waals surface area contributed by atoms with E-state index in [1.807, 2.05) is 26.0 Å². The zero-order valence-electron chi connectivity index (χ0n) is 12.5. The lowest BCUT2D eigenvalue weighted by Crippen LogP contribution is -2.11. The first-order valence-corrected chi connectivity index (χ1v) is 7.89. The van der Waals surface area contributed by atoms with Gasteiger partial charge >= 0.3 is 5.97 Å². The van der Waals surface area contributed by atoms with E-state index in [2.05, 4.69) is 10.3 Å². The minimum atomic E-state index is -0.832. The van der Waals surface area contributed by atoms with E-state index in [1.54, 1.807) is 12.1 Å². The highest BCUT2D eigenvalue weighted by molar-refractivity contribution is 7.13. The molecule has 0 aliphatic carbocycles. The minimum Gasteiger partial charge on any atom is -0.481 e. The number of rotatable bonds is 6. The second-order valence-electron chi connectivity index (χ2n) is 4.92. The normalized spacial score (nSPS) is 10.5. The summed E-state index contributed by atoms with van der Waals surface area (Å²) < 4.78 is 0. The molecule has 1 amide bonds. The van der Waals surface area contributed by atoms with Crippen molar-refractivity contribution in [1.82, 2.24) is 4.98 Å². The first kappa shape index (κ1) is 16.2. The number of amides is 1. The van der Waals surface area contributed by atoms with Crippen LogP contribution in [0.4, 0.5) is 5.69 Å². The van der Waals surface area contributed by atoms with Gasteiger partial charge in [-0.3, -0.25) is 9.59 Å². The van der Waals surface area contributed by atoms with Crippen LogP contribution < -0.4 is 5.32 Å². The van der Waals surface area contributed by atoms with E-state index >= 15 is 0 Å². The Morgan fingerprint density at radius 2 is 2.14 bits per heavy atom. The van der Waals surface area contributed by atoms with Gasteiger partial charge in [-0.1, -0.05) is 19.1 Å². The summed E-state index contributed by atoms with van der Waals surface area (Å²) in [5.41, 5.74) is 2.29. The van der Waals surface area contributed by atoms with Crippen molar-refractivity contribution in [2.45, 2.75) is 33.1 Å². The van der Waals surface area contributed by atoms with Crippen molar-refractivity contribution >= 4 is 28.9 Å². The molecule has 0 spiro atoms. The van der Waals surface area contributed by atoms with Crippen LogP contribution in [-0.2, 0) is 17.6 Å². The number of nitrogens with zero attached hydrogens (tertiary/aromatic N) is 1. The Labute approximate surface area is 133 Å². The van der Waals surface area contributed by atoms with Crippen molar-refractivity contribution in [3.05, 3.63) is 45.4 Å². The maximum atomic E-state index is 12.3. The van der Waals surface area contributed by atoms with Gasteiger partial charge in [0, 0.05) is 12.1 Å². The van der Waals surface area contributed by atoms with Gasteiger partial charge in [0.25, 0.3) is 5.91 Å². The quantitative estimate of drug-likeness (QED) is 0.856. The fourth-order valence-corrected chi connectivity index (χ4v) is 2.96. The van der Waals surface area contributed by atoms with Crippen LogP contribution in [0.15, 0.2) is 24.3 Å². The molecule has 1 heterocycles. The van der Waals surface area contributed by atoms with Gasteiger partial charge in [-0.2, -0.15) is 0 Å². The molecule has 0 aliphatic heterocycles. The molecule has 1 aromatic heterocycles. The van der Waals surface area contributed by atoms with Crippen molar-refractivity contribution in [3.8, 4) is 0 Å². The number of nitrogens with one attached hydrogen (secondary N) is 1. The summed E-state index contributed by atoms with van der Waals surface area (Å²) >= 11 is 1.40. The Balaban J connectivity index is 2.09. The fourth-order valence-electron chi connectivity index (χ4n) is 2.06. The summed E-state index contributed by atoms with van der Waals surface area (Å²) in [6, 6.07) is 7.26. The van der Waals surface area contributed by atoms with Crippen LogP contribution in [0.5, 0.6) is 0 Å². The summed E-state index contributed by atoms with van der Waals surface area (Å²) in [6.07, 6.45) is 1.33. The number of carboxylic acids is 1. The van der Waals surface area contributed by atoms with Crippen LogP contribution in [0.1, 0.15) is 39.3 Å². The number of carbonyl (C=O) groups excluding carboxylic acids is 1.